The van der Waals surface area contributed by atoms with Crippen LogP contribution in [0, 0.1) is 12.7 Å². The molecule has 3 nitrogen and oxygen atoms in total. The number of anilines is 2. The van der Waals surface area contributed by atoms with Crippen molar-refractivity contribution in [3.05, 3.63) is 53.1 Å². The lowest BCUT2D eigenvalue weighted by Crippen LogP contribution is -1.96. The molecule has 0 aliphatic rings. The first-order valence-electron chi connectivity index (χ1n) is 5.80. The standard InChI is InChI=1S/C14H11ClFN3/c1-8-6-9(15)2-3-10(8)19-11-4-5-12-14(13(11)16)18-7-17-12/h2-7,19H,1H3,(H,17,18). The molecule has 3 aromatic rings. The number of aryl methyl sites for hydroxylation is 1. The lowest BCUT2D eigenvalue weighted by Gasteiger charge is -2.10. The highest BCUT2D eigenvalue weighted by Gasteiger charge is 2.10. The summed E-state index contributed by atoms with van der Waals surface area (Å²) < 4.78 is 14.2. The number of rotatable bonds is 2. The minimum Gasteiger partial charge on any atom is -0.353 e. The Labute approximate surface area is 114 Å². The fraction of sp³-hybridized carbons (Fsp3) is 0.0714. The van der Waals surface area contributed by atoms with Gasteiger partial charge in [-0.25, -0.2) is 9.37 Å². The van der Waals surface area contributed by atoms with Crippen LogP contribution in [0.25, 0.3) is 11.0 Å². The van der Waals surface area contributed by atoms with Crippen LogP contribution in [0.3, 0.4) is 0 Å². The van der Waals surface area contributed by atoms with Crippen molar-refractivity contribution in [2.45, 2.75) is 6.92 Å². The van der Waals surface area contributed by atoms with Crippen molar-refractivity contribution in [1.82, 2.24) is 9.97 Å². The first-order chi connectivity index (χ1) is 9.15. The van der Waals surface area contributed by atoms with E-state index in [9.17, 15) is 4.39 Å². The molecule has 1 heterocycles. The SMILES string of the molecule is Cc1cc(Cl)ccc1Nc1ccc2[nH]cnc2c1F. The third-order valence-corrected chi connectivity index (χ3v) is 3.22. The van der Waals surface area contributed by atoms with Gasteiger partial charge < -0.3 is 10.3 Å². The van der Waals surface area contributed by atoms with Crippen LogP contribution in [0.5, 0.6) is 0 Å². The number of H-pyrrole nitrogens is 1. The Hall–Kier alpha value is -2.07. The van der Waals surface area contributed by atoms with Gasteiger partial charge in [0, 0.05) is 10.7 Å². The van der Waals surface area contributed by atoms with E-state index in [0.29, 0.717) is 21.7 Å². The summed E-state index contributed by atoms with van der Waals surface area (Å²) in [6.07, 6.45) is 1.48. The summed E-state index contributed by atoms with van der Waals surface area (Å²) in [6.45, 7) is 1.92. The highest BCUT2D eigenvalue weighted by atomic mass is 35.5. The number of halogens is 2. The molecule has 19 heavy (non-hydrogen) atoms. The number of imidazole rings is 1. The molecular weight excluding hydrogens is 265 g/mol. The number of hydrogen-bond acceptors (Lipinski definition) is 2. The van der Waals surface area contributed by atoms with E-state index in [4.69, 9.17) is 11.6 Å². The molecule has 3 rings (SSSR count). The van der Waals surface area contributed by atoms with Gasteiger partial charge in [0.1, 0.15) is 5.52 Å². The maximum atomic E-state index is 14.2. The number of nitrogens with one attached hydrogen (secondary N) is 2. The summed E-state index contributed by atoms with van der Waals surface area (Å²) in [7, 11) is 0. The lowest BCUT2D eigenvalue weighted by molar-refractivity contribution is 0.641. The van der Waals surface area contributed by atoms with Crippen molar-refractivity contribution in [3.8, 4) is 0 Å². The van der Waals surface area contributed by atoms with Crippen LogP contribution >= 0.6 is 11.6 Å². The second-order valence-corrected chi connectivity index (χ2v) is 4.75. The fourth-order valence-electron chi connectivity index (χ4n) is 1.98. The average molecular weight is 276 g/mol. The van der Waals surface area contributed by atoms with Gasteiger partial charge in [-0.2, -0.15) is 0 Å². The van der Waals surface area contributed by atoms with E-state index in [0.717, 1.165) is 11.3 Å². The van der Waals surface area contributed by atoms with Crippen molar-refractivity contribution in [2.24, 2.45) is 0 Å². The second-order valence-electron chi connectivity index (χ2n) is 4.31. The summed E-state index contributed by atoms with van der Waals surface area (Å²) in [5, 5.41) is 3.72. The van der Waals surface area contributed by atoms with E-state index >= 15 is 0 Å². The van der Waals surface area contributed by atoms with Gasteiger partial charge in [0.05, 0.1) is 17.5 Å². The van der Waals surface area contributed by atoms with E-state index in [1.807, 2.05) is 19.1 Å². The molecule has 0 bridgehead atoms. The maximum absolute atomic E-state index is 14.2. The Morgan fingerprint density at radius 1 is 1.21 bits per heavy atom. The number of aromatic nitrogens is 2. The van der Waals surface area contributed by atoms with Gasteiger partial charge in [0.15, 0.2) is 5.82 Å². The zero-order valence-electron chi connectivity index (χ0n) is 10.2. The highest BCUT2D eigenvalue weighted by Crippen LogP contribution is 2.27. The molecular formula is C14H11ClFN3. The molecule has 1 aromatic heterocycles. The van der Waals surface area contributed by atoms with E-state index in [1.54, 1.807) is 18.2 Å². The number of benzene rings is 2. The third kappa shape index (κ3) is 2.15. The van der Waals surface area contributed by atoms with Crippen LogP contribution in [0.4, 0.5) is 15.8 Å². The Morgan fingerprint density at radius 3 is 2.79 bits per heavy atom. The Morgan fingerprint density at radius 2 is 2.00 bits per heavy atom. The number of aromatic amines is 1. The van der Waals surface area contributed by atoms with Crippen LogP contribution in [0.15, 0.2) is 36.7 Å². The van der Waals surface area contributed by atoms with Gasteiger partial charge in [0.2, 0.25) is 0 Å². The maximum Gasteiger partial charge on any atom is 0.174 e. The molecule has 0 saturated carbocycles. The summed E-state index contributed by atoms with van der Waals surface area (Å²) in [4.78, 5) is 6.84. The summed E-state index contributed by atoms with van der Waals surface area (Å²) in [5.74, 6) is -0.367. The number of hydrogen-bond donors (Lipinski definition) is 2. The molecule has 0 atom stereocenters. The molecule has 0 amide bonds. The quantitative estimate of drug-likeness (QED) is 0.727. The molecule has 2 N–H and O–H groups in total. The van der Waals surface area contributed by atoms with Crippen LogP contribution in [0.2, 0.25) is 5.02 Å². The molecule has 0 radical (unpaired) electrons. The fourth-order valence-corrected chi connectivity index (χ4v) is 2.21. The van der Waals surface area contributed by atoms with E-state index in [2.05, 4.69) is 15.3 Å². The van der Waals surface area contributed by atoms with Crippen molar-refractivity contribution in [3.63, 3.8) is 0 Å². The lowest BCUT2D eigenvalue weighted by atomic mass is 10.2. The minimum absolute atomic E-state index is 0.330. The van der Waals surface area contributed by atoms with E-state index in [1.165, 1.54) is 6.33 Å². The van der Waals surface area contributed by atoms with Crippen molar-refractivity contribution in [2.75, 3.05) is 5.32 Å². The van der Waals surface area contributed by atoms with Crippen molar-refractivity contribution in [1.29, 1.82) is 0 Å². The monoisotopic (exact) mass is 275 g/mol. The summed E-state index contributed by atoms with van der Waals surface area (Å²) >= 11 is 5.90. The molecule has 0 spiro atoms. The Balaban J connectivity index is 2.03. The van der Waals surface area contributed by atoms with E-state index < -0.39 is 0 Å². The highest BCUT2D eigenvalue weighted by molar-refractivity contribution is 6.30. The Kier molecular flexibility index (Phi) is 2.87. The minimum atomic E-state index is -0.367. The summed E-state index contributed by atoms with van der Waals surface area (Å²) in [5.41, 5.74) is 3.17. The molecule has 5 heteroatoms. The number of nitrogens with zero attached hydrogens (tertiary/aromatic N) is 1. The van der Waals surface area contributed by atoms with Gasteiger partial charge >= 0.3 is 0 Å². The van der Waals surface area contributed by atoms with Crippen LogP contribution in [-0.4, -0.2) is 9.97 Å². The largest absolute Gasteiger partial charge is 0.353 e. The van der Waals surface area contributed by atoms with Crippen molar-refractivity contribution >= 4 is 34.0 Å². The van der Waals surface area contributed by atoms with Gasteiger partial charge in [-0.15, -0.1) is 0 Å². The Bertz CT molecular complexity index is 752. The first-order valence-corrected chi connectivity index (χ1v) is 6.18. The normalized spacial score (nSPS) is 10.9. The second kappa shape index (κ2) is 4.55. The zero-order valence-corrected chi connectivity index (χ0v) is 10.9. The molecule has 0 unspecified atom stereocenters. The van der Waals surface area contributed by atoms with E-state index in [-0.39, 0.29) is 5.82 Å². The predicted octanol–water partition coefficient (Wildman–Crippen LogP) is 4.41. The average Bonchev–Trinajstić information content (AvgIpc) is 2.85. The first kappa shape index (κ1) is 12.0. The molecule has 2 aromatic carbocycles. The van der Waals surface area contributed by atoms with Gasteiger partial charge in [-0.05, 0) is 42.8 Å². The molecule has 0 fully saturated rings. The molecule has 96 valence electrons. The van der Waals surface area contributed by atoms with Gasteiger partial charge in [0.25, 0.3) is 0 Å². The van der Waals surface area contributed by atoms with Gasteiger partial charge in [-0.1, -0.05) is 11.6 Å². The van der Waals surface area contributed by atoms with Gasteiger partial charge in [-0.3, -0.25) is 0 Å². The smallest absolute Gasteiger partial charge is 0.174 e. The predicted molar refractivity (Wildman–Crippen MR) is 75.5 cm³/mol. The molecule has 0 saturated heterocycles. The van der Waals surface area contributed by atoms with Crippen molar-refractivity contribution < 1.29 is 4.39 Å². The summed E-state index contributed by atoms with van der Waals surface area (Å²) in [6, 6.07) is 8.89. The van der Waals surface area contributed by atoms with Crippen LogP contribution in [0.1, 0.15) is 5.56 Å². The zero-order chi connectivity index (χ0) is 13.4. The number of fused-ring (bicyclic) bond motifs is 1. The van der Waals surface area contributed by atoms with Crippen LogP contribution < -0.4 is 5.32 Å². The molecule has 0 aliphatic carbocycles. The topological polar surface area (TPSA) is 40.7 Å². The third-order valence-electron chi connectivity index (χ3n) is 2.99. The molecule has 0 aliphatic heterocycles. The van der Waals surface area contributed by atoms with Crippen LogP contribution in [-0.2, 0) is 0 Å².